The topological polar surface area (TPSA) is 84.6 Å². The van der Waals surface area contributed by atoms with E-state index in [1.54, 1.807) is 20.8 Å². The van der Waals surface area contributed by atoms with Gasteiger partial charge in [0.05, 0.1) is 16.8 Å². The molecule has 0 amide bonds. The van der Waals surface area contributed by atoms with Crippen LogP contribution in [-0.2, 0) is 12.0 Å². The summed E-state index contributed by atoms with van der Waals surface area (Å²) in [5.74, 6) is -0.714. The van der Waals surface area contributed by atoms with Crippen molar-refractivity contribution in [3.8, 4) is 0 Å². The van der Waals surface area contributed by atoms with Gasteiger partial charge < -0.3 is 15.4 Å². The first-order chi connectivity index (χ1) is 12.5. The van der Waals surface area contributed by atoms with Gasteiger partial charge in [0.25, 0.3) is 0 Å². The molecule has 0 spiro atoms. The highest BCUT2D eigenvalue weighted by molar-refractivity contribution is 8.14. The Morgan fingerprint density at radius 1 is 1.41 bits per heavy atom. The van der Waals surface area contributed by atoms with Crippen LogP contribution < -0.4 is 5.73 Å². The van der Waals surface area contributed by atoms with Crippen molar-refractivity contribution in [3.05, 3.63) is 52.4 Å². The van der Waals surface area contributed by atoms with Gasteiger partial charge in [-0.2, -0.15) is 0 Å². The Kier molecular flexibility index (Phi) is 5.07. The number of nitrogens with two attached hydrogens (primary N) is 1. The molecule has 146 valence electrons. The molecule has 0 bridgehead atoms. The van der Waals surface area contributed by atoms with Crippen molar-refractivity contribution in [1.82, 2.24) is 5.16 Å². The molecule has 0 unspecified atom stereocenters. The number of thioether (sulfide) groups is 1. The number of aliphatic imine (C=N–C) groups is 1. The Bertz CT molecular complexity index is 892. The van der Waals surface area contributed by atoms with Crippen LogP contribution in [0.5, 0.6) is 0 Å². The van der Waals surface area contributed by atoms with E-state index in [4.69, 9.17) is 10.3 Å². The zero-order chi connectivity index (χ0) is 20.0. The number of hydrogen-bond acceptors (Lipinski definition) is 6. The van der Waals surface area contributed by atoms with E-state index in [1.165, 1.54) is 23.9 Å². The summed E-state index contributed by atoms with van der Waals surface area (Å²) in [7, 11) is 0. The van der Waals surface area contributed by atoms with Crippen LogP contribution in [0.3, 0.4) is 0 Å². The molecule has 1 aliphatic heterocycles. The molecule has 1 aromatic heterocycles. The predicted octanol–water partition coefficient (Wildman–Crippen LogP) is 3.98. The van der Waals surface area contributed by atoms with Gasteiger partial charge in [-0.15, -0.1) is 0 Å². The van der Waals surface area contributed by atoms with Crippen LogP contribution in [0.25, 0.3) is 0 Å². The van der Waals surface area contributed by atoms with E-state index < -0.39 is 22.8 Å². The Labute approximate surface area is 161 Å². The molecule has 2 heterocycles. The molecule has 3 N–H and O–H groups in total. The van der Waals surface area contributed by atoms with E-state index in [0.29, 0.717) is 29.5 Å². The summed E-state index contributed by atoms with van der Waals surface area (Å²) in [5.41, 5.74) is 5.98. The Morgan fingerprint density at radius 2 is 2.11 bits per heavy atom. The summed E-state index contributed by atoms with van der Waals surface area (Å²) in [4.78, 5) is 4.46. The molecule has 0 radical (unpaired) electrons. The van der Waals surface area contributed by atoms with Crippen molar-refractivity contribution in [2.75, 3.05) is 0 Å². The quantitative estimate of drug-likeness (QED) is 0.818. The minimum Gasteiger partial charge on any atom is -0.390 e. The Morgan fingerprint density at radius 3 is 2.74 bits per heavy atom. The van der Waals surface area contributed by atoms with E-state index in [-0.39, 0.29) is 10.8 Å². The van der Waals surface area contributed by atoms with E-state index in [2.05, 4.69) is 10.1 Å². The second-order valence-corrected chi connectivity index (χ2v) is 8.98. The van der Waals surface area contributed by atoms with E-state index in [9.17, 15) is 13.9 Å². The van der Waals surface area contributed by atoms with Gasteiger partial charge in [0.15, 0.2) is 5.17 Å². The van der Waals surface area contributed by atoms with Gasteiger partial charge in [0.2, 0.25) is 0 Å². The van der Waals surface area contributed by atoms with Crippen LogP contribution in [0.4, 0.5) is 8.78 Å². The zero-order valence-corrected chi connectivity index (χ0v) is 16.5. The summed E-state index contributed by atoms with van der Waals surface area (Å²) in [6.45, 7) is 6.99. The Balaban J connectivity index is 2.01. The number of rotatable bonds is 4. The monoisotopic (exact) mass is 395 g/mol. The lowest BCUT2D eigenvalue weighted by atomic mass is 9.84. The minimum absolute atomic E-state index is 0.180. The third-order valence-electron chi connectivity index (χ3n) is 4.61. The minimum atomic E-state index is -0.966. The van der Waals surface area contributed by atoms with Crippen molar-refractivity contribution in [3.63, 3.8) is 0 Å². The van der Waals surface area contributed by atoms with Crippen LogP contribution in [0, 0.1) is 18.6 Å². The third kappa shape index (κ3) is 4.16. The van der Waals surface area contributed by atoms with Crippen LogP contribution in [-0.4, -0.2) is 21.0 Å². The normalized spacial score (nSPS) is 23.4. The lowest BCUT2D eigenvalue weighted by Gasteiger charge is -2.35. The van der Waals surface area contributed by atoms with Gasteiger partial charge >= 0.3 is 0 Å². The summed E-state index contributed by atoms with van der Waals surface area (Å²) in [6.07, 6.45) is 0.723. The maximum atomic E-state index is 14.4. The maximum Gasteiger partial charge on any atom is 0.155 e. The van der Waals surface area contributed by atoms with Crippen molar-refractivity contribution in [2.24, 2.45) is 10.7 Å². The fourth-order valence-corrected chi connectivity index (χ4v) is 4.85. The van der Waals surface area contributed by atoms with Crippen molar-refractivity contribution < 1.29 is 18.4 Å². The number of aromatic nitrogens is 1. The maximum absolute atomic E-state index is 14.4. The predicted molar refractivity (Wildman–Crippen MR) is 102 cm³/mol. The second-order valence-electron chi connectivity index (χ2n) is 7.75. The van der Waals surface area contributed by atoms with Crippen LogP contribution in [0.2, 0.25) is 0 Å². The fraction of sp³-hybridized carbons (Fsp3) is 0.474. The molecule has 1 aromatic carbocycles. The van der Waals surface area contributed by atoms with E-state index in [0.717, 1.165) is 11.6 Å². The van der Waals surface area contributed by atoms with Gasteiger partial charge in [-0.1, -0.05) is 23.0 Å². The first-order valence-electron chi connectivity index (χ1n) is 8.63. The van der Waals surface area contributed by atoms with E-state index in [1.807, 2.05) is 6.92 Å². The average molecular weight is 395 g/mol. The largest absolute Gasteiger partial charge is 0.390 e. The van der Waals surface area contributed by atoms with Crippen LogP contribution >= 0.6 is 11.8 Å². The summed E-state index contributed by atoms with van der Waals surface area (Å²) in [6, 6.07) is 3.48. The van der Waals surface area contributed by atoms with Crippen LogP contribution in [0.15, 0.2) is 27.7 Å². The summed E-state index contributed by atoms with van der Waals surface area (Å²) >= 11 is 1.35. The molecule has 0 saturated carbocycles. The average Bonchev–Trinajstić information content (AvgIpc) is 2.84. The summed E-state index contributed by atoms with van der Waals surface area (Å²) < 4.78 is 33.2. The van der Waals surface area contributed by atoms with Crippen molar-refractivity contribution in [1.29, 1.82) is 0 Å². The highest BCUT2D eigenvalue weighted by Crippen LogP contribution is 2.48. The number of hydrogen-bond donors (Lipinski definition) is 2. The molecule has 2 atom stereocenters. The van der Waals surface area contributed by atoms with Gasteiger partial charge in [-0.3, -0.25) is 4.99 Å². The second kappa shape index (κ2) is 6.91. The van der Waals surface area contributed by atoms with Gasteiger partial charge in [0.1, 0.15) is 17.4 Å². The van der Waals surface area contributed by atoms with Gasteiger partial charge in [-0.05, 0) is 40.2 Å². The molecular formula is C19H23F2N3O2S. The zero-order valence-electron chi connectivity index (χ0n) is 15.7. The van der Waals surface area contributed by atoms with E-state index >= 15 is 0 Å². The smallest absolute Gasteiger partial charge is 0.155 e. The number of halogens is 2. The van der Waals surface area contributed by atoms with Crippen molar-refractivity contribution in [2.45, 2.75) is 56.9 Å². The summed E-state index contributed by atoms with van der Waals surface area (Å²) in [5, 5.41) is 14.3. The highest BCUT2D eigenvalue weighted by atomic mass is 32.2. The molecule has 8 heteroatoms. The first-order valence-corrected chi connectivity index (χ1v) is 9.51. The molecule has 27 heavy (non-hydrogen) atoms. The Hall–Kier alpha value is -1.93. The lowest BCUT2D eigenvalue weighted by molar-refractivity contribution is 0.0729. The first kappa shape index (κ1) is 19.8. The molecule has 0 aliphatic carbocycles. The molecule has 5 nitrogen and oxygen atoms in total. The third-order valence-corrected chi connectivity index (χ3v) is 5.63. The molecule has 0 fully saturated rings. The molecule has 2 aromatic rings. The number of amidine groups is 1. The van der Waals surface area contributed by atoms with Crippen molar-refractivity contribution >= 4 is 16.9 Å². The molecule has 3 rings (SSSR count). The molecule has 0 saturated heterocycles. The standard InChI is InChI=1S/C19H23F2N3O2S/c1-10-16(14(26-24-10)8-18(2,3)25)15-9-19(4,23-17(22)27-15)12-6-5-11(20)7-13(12)21/h5-7,15,25H,8-9H2,1-4H3,(H2,22,23)/t15-,19-/m0/s1. The lowest BCUT2D eigenvalue weighted by Crippen LogP contribution is -2.32. The fourth-order valence-electron chi connectivity index (χ4n) is 3.48. The molecular weight excluding hydrogens is 372 g/mol. The number of benzene rings is 1. The van der Waals surface area contributed by atoms with Gasteiger partial charge in [0, 0.05) is 28.9 Å². The molecule has 1 aliphatic rings. The van der Waals surface area contributed by atoms with Crippen LogP contribution in [0.1, 0.15) is 55.0 Å². The number of aliphatic hydroxyl groups is 1. The van der Waals surface area contributed by atoms with Gasteiger partial charge in [-0.25, -0.2) is 8.78 Å². The number of aryl methyl sites for hydroxylation is 1. The highest BCUT2D eigenvalue weighted by Gasteiger charge is 2.40. The number of nitrogens with zero attached hydrogens (tertiary/aromatic N) is 2. The SMILES string of the molecule is Cc1noc(CC(C)(C)O)c1[C@@H]1C[C@@](C)(c2ccc(F)cc2F)N=C(N)S1.